The van der Waals surface area contributed by atoms with Gasteiger partial charge < -0.3 is 15.4 Å². The zero-order valence-corrected chi connectivity index (χ0v) is 16.3. The minimum atomic E-state index is 0.583. The largest absolute Gasteiger partial charge is 0.383 e. The van der Waals surface area contributed by atoms with Crippen LogP contribution in [0.2, 0.25) is 0 Å². The monoisotopic (exact) mass is 385 g/mol. The number of nitrogens with one attached hydrogen (secondary N) is 2. The highest BCUT2D eigenvalue weighted by Gasteiger charge is 2.04. The van der Waals surface area contributed by atoms with Gasteiger partial charge in [0.15, 0.2) is 0 Å². The van der Waals surface area contributed by atoms with Crippen molar-refractivity contribution >= 4 is 22.5 Å². The van der Waals surface area contributed by atoms with Crippen LogP contribution in [0.4, 0.5) is 11.6 Å². The van der Waals surface area contributed by atoms with E-state index in [-0.39, 0.29) is 0 Å². The first-order chi connectivity index (χ1) is 14.3. The molecule has 29 heavy (non-hydrogen) atoms. The minimum absolute atomic E-state index is 0.583. The van der Waals surface area contributed by atoms with E-state index in [9.17, 15) is 0 Å². The molecule has 4 aromatic rings. The predicted molar refractivity (Wildman–Crippen MR) is 116 cm³/mol. The van der Waals surface area contributed by atoms with Crippen molar-refractivity contribution in [3.05, 3.63) is 78.8 Å². The molecule has 0 radical (unpaired) electrons. The number of fused-ring (bicyclic) bond motifs is 1. The summed E-state index contributed by atoms with van der Waals surface area (Å²) in [6.07, 6.45) is 5.44. The van der Waals surface area contributed by atoms with Gasteiger partial charge in [-0.3, -0.25) is 4.98 Å². The highest BCUT2D eigenvalue weighted by molar-refractivity contribution is 5.84. The molecule has 0 aliphatic carbocycles. The molecule has 2 heterocycles. The van der Waals surface area contributed by atoms with Gasteiger partial charge in [0.25, 0.3) is 0 Å². The van der Waals surface area contributed by atoms with Crippen LogP contribution in [0, 0.1) is 0 Å². The normalized spacial score (nSPS) is 10.9. The number of pyridine rings is 1. The molecule has 146 valence electrons. The molecule has 0 saturated heterocycles. The number of methoxy groups -OCH3 is 1. The van der Waals surface area contributed by atoms with E-state index in [1.807, 2.05) is 36.5 Å². The van der Waals surface area contributed by atoms with Gasteiger partial charge in [-0.25, -0.2) is 9.97 Å². The summed E-state index contributed by atoms with van der Waals surface area (Å²) >= 11 is 0. The van der Waals surface area contributed by atoms with E-state index < -0.39 is 0 Å². The van der Waals surface area contributed by atoms with Crippen molar-refractivity contribution in [3.8, 4) is 11.1 Å². The molecule has 6 nitrogen and oxygen atoms in total. The van der Waals surface area contributed by atoms with Gasteiger partial charge in [-0.15, -0.1) is 0 Å². The smallest absolute Gasteiger partial charge is 0.227 e. The lowest BCUT2D eigenvalue weighted by atomic mass is 10.1. The number of benzene rings is 2. The molecule has 0 spiro atoms. The van der Waals surface area contributed by atoms with Crippen molar-refractivity contribution in [1.82, 2.24) is 20.3 Å². The first-order valence-corrected chi connectivity index (χ1v) is 9.55. The SMILES string of the molecule is COCCNCc1ccc(Nc2ncc3cc(-c4ccncc4)ccc3n2)cc1. The Balaban J connectivity index is 1.44. The van der Waals surface area contributed by atoms with Crippen LogP contribution in [-0.2, 0) is 11.3 Å². The molecule has 0 amide bonds. The number of hydrogen-bond acceptors (Lipinski definition) is 6. The molecule has 0 bridgehead atoms. The molecule has 0 atom stereocenters. The van der Waals surface area contributed by atoms with Crippen LogP contribution in [-0.4, -0.2) is 35.2 Å². The second kappa shape index (κ2) is 9.23. The molecule has 0 fully saturated rings. The highest BCUT2D eigenvalue weighted by Crippen LogP contribution is 2.24. The number of hydrogen-bond donors (Lipinski definition) is 2. The number of rotatable bonds is 8. The summed E-state index contributed by atoms with van der Waals surface area (Å²) in [5.41, 5.74) is 5.33. The van der Waals surface area contributed by atoms with Crippen LogP contribution in [0.25, 0.3) is 22.0 Å². The standard InChI is InChI=1S/C23H23N5O/c1-29-13-12-25-15-17-2-5-21(6-3-17)27-23-26-16-20-14-19(4-7-22(20)28-23)18-8-10-24-11-9-18/h2-11,14,16,25H,12-13,15H2,1H3,(H,26,27,28). The maximum atomic E-state index is 5.04. The van der Waals surface area contributed by atoms with Crippen LogP contribution in [0.15, 0.2) is 73.2 Å². The van der Waals surface area contributed by atoms with E-state index in [1.54, 1.807) is 19.5 Å². The predicted octanol–water partition coefficient (Wildman–Crippen LogP) is 4.17. The fourth-order valence-corrected chi connectivity index (χ4v) is 3.06. The molecule has 4 rings (SSSR count). The van der Waals surface area contributed by atoms with Gasteiger partial charge in [0, 0.05) is 49.9 Å². The number of nitrogens with zero attached hydrogens (tertiary/aromatic N) is 3. The molecule has 2 N–H and O–H groups in total. The average molecular weight is 385 g/mol. The molecule has 0 unspecified atom stereocenters. The lowest BCUT2D eigenvalue weighted by Gasteiger charge is -2.08. The first kappa shape index (κ1) is 19.0. The topological polar surface area (TPSA) is 72.0 Å². The van der Waals surface area contributed by atoms with E-state index in [0.29, 0.717) is 12.6 Å². The van der Waals surface area contributed by atoms with Gasteiger partial charge in [0.1, 0.15) is 0 Å². The Labute approximate surface area is 170 Å². The zero-order valence-electron chi connectivity index (χ0n) is 16.3. The molecular weight excluding hydrogens is 362 g/mol. The Bertz CT molecular complexity index is 1070. The molecule has 0 aliphatic heterocycles. The Morgan fingerprint density at radius 1 is 0.931 bits per heavy atom. The van der Waals surface area contributed by atoms with Crippen LogP contribution in [0.1, 0.15) is 5.56 Å². The van der Waals surface area contributed by atoms with E-state index in [1.165, 1.54) is 5.56 Å². The summed E-state index contributed by atoms with van der Waals surface area (Å²) in [4.78, 5) is 13.2. The zero-order chi connectivity index (χ0) is 19.9. The quantitative estimate of drug-likeness (QED) is 0.444. The first-order valence-electron chi connectivity index (χ1n) is 9.55. The van der Waals surface area contributed by atoms with Crippen LogP contribution in [0.3, 0.4) is 0 Å². The van der Waals surface area contributed by atoms with E-state index in [0.717, 1.165) is 40.8 Å². The third-order valence-corrected chi connectivity index (χ3v) is 4.62. The van der Waals surface area contributed by atoms with Crippen molar-refractivity contribution in [2.24, 2.45) is 0 Å². The maximum Gasteiger partial charge on any atom is 0.227 e. The molecule has 2 aromatic carbocycles. The summed E-state index contributed by atoms with van der Waals surface area (Å²) in [5.74, 6) is 0.583. The van der Waals surface area contributed by atoms with Gasteiger partial charge in [0.05, 0.1) is 12.1 Å². The highest BCUT2D eigenvalue weighted by atomic mass is 16.5. The minimum Gasteiger partial charge on any atom is -0.383 e. The molecular formula is C23H23N5O. The van der Waals surface area contributed by atoms with Gasteiger partial charge in [0.2, 0.25) is 5.95 Å². The summed E-state index contributed by atoms with van der Waals surface area (Å²) in [7, 11) is 1.71. The van der Waals surface area contributed by atoms with E-state index >= 15 is 0 Å². The van der Waals surface area contributed by atoms with E-state index in [2.05, 4.69) is 49.9 Å². The average Bonchev–Trinajstić information content (AvgIpc) is 2.78. The van der Waals surface area contributed by atoms with Crippen molar-refractivity contribution in [2.45, 2.75) is 6.54 Å². The summed E-state index contributed by atoms with van der Waals surface area (Å²) in [6.45, 7) is 2.36. The van der Waals surface area contributed by atoms with Crippen molar-refractivity contribution in [3.63, 3.8) is 0 Å². The molecule has 0 saturated carbocycles. The van der Waals surface area contributed by atoms with Crippen LogP contribution in [0.5, 0.6) is 0 Å². The van der Waals surface area contributed by atoms with Gasteiger partial charge in [-0.05, 0) is 53.1 Å². The maximum absolute atomic E-state index is 5.04. The summed E-state index contributed by atoms with van der Waals surface area (Å²) < 4.78 is 5.04. The molecule has 6 heteroatoms. The van der Waals surface area contributed by atoms with Crippen molar-refractivity contribution in [2.75, 3.05) is 25.6 Å². The summed E-state index contributed by atoms with van der Waals surface area (Å²) in [6, 6.07) is 18.4. The van der Waals surface area contributed by atoms with Gasteiger partial charge in [-0.1, -0.05) is 18.2 Å². The number of ether oxygens (including phenoxy) is 1. The van der Waals surface area contributed by atoms with Crippen LogP contribution >= 0.6 is 0 Å². The Morgan fingerprint density at radius 3 is 2.55 bits per heavy atom. The lowest BCUT2D eigenvalue weighted by Crippen LogP contribution is -2.18. The molecule has 2 aromatic heterocycles. The number of anilines is 2. The van der Waals surface area contributed by atoms with Gasteiger partial charge >= 0.3 is 0 Å². The fraction of sp³-hybridized carbons (Fsp3) is 0.174. The molecule has 0 aliphatic rings. The summed E-state index contributed by atoms with van der Waals surface area (Å²) in [5, 5.41) is 7.61. The van der Waals surface area contributed by atoms with Gasteiger partial charge in [-0.2, -0.15) is 0 Å². The van der Waals surface area contributed by atoms with E-state index in [4.69, 9.17) is 4.74 Å². The lowest BCUT2D eigenvalue weighted by molar-refractivity contribution is 0.199. The second-order valence-corrected chi connectivity index (χ2v) is 6.69. The second-order valence-electron chi connectivity index (χ2n) is 6.69. The Hall–Kier alpha value is -3.35. The third kappa shape index (κ3) is 4.93. The fourth-order valence-electron chi connectivity index (χ4n) is 3.06. The van der Waals surface area contributed by atoms with Crippen molar-refractivity contribution < 1.29 is 4.74 Å². The van der Waals surface area contributed by atoms with Crippen LogP contribution < -0.4 is 10.6 Å². The Kier molecular flexibility index (Phi) is 6.04. The third-order valence-electron chi connectivity index (χ3n) is 4.62. The Morgan fingerprint density at radius 2 is 1.76 bits per heavy atom. The number of aromatic nitrogens is 3. The van der Waals surface area contributed by atoms with Crippen molar-refractivity contribution in [1.29, 1.82) is 0 Å².